The molecule has 0 aliphatic carbocycles. The normalized spacial score (nSPS) is 12.4. The first-order chi connectivity index (χ1) is 8.47. The third-order valence-electron chi connectivity index (χ3n) is 2.74. The van der Waals surface area contributed by atoms with E-state index < -0.39 is 5.97 Å². The Kier molecular flexibility index (Phi) is 4.93. The molecule has 0 aliphatic heterocycles. The molecule has 1 N–H and O–H groups in total. The van der Waals surface area contributed by atoms with E-state index in [4.69, 9.17) is 14.8 Å². The summed E-state index contributed by atoms with van der Waals surface area (Å²) in [5.74, 6) is -0.488. The van der Waals surface area contributed by atoms with Crippen molar-refractivity contribution in [2.45, 2.75) is 27.3 Å². The third kappa shape index (κ3) is 3.60. The predicted molar refractivity (Wildman–Crippen MR) is 66.1 cm³/mol. The smallest absolute Gasteiger partial charge is 0.372 e. The molecule has 0 aromatic carbocycles. The van der Waals surface area contributed by atoms with Crippen LogP contribution in [0, 0.1) is 24.2 Å². The molecule has 1 aromatic rings. The van der Waals surface area contributed by atoms with Gasteiger partial charge >= 0.3 is 5.97 Å². The second-order valence-corrected chi connectivity index (χ2v) is 4.39. The third-order valence-corrected chi connectivity index (χ3v) is 2.74. The van der Waals surface area contributed by atoms with Crippen molar-refractivity contribution in [2.24, 2.45) is 5.92 Å². The standard InChI is InChI=1S/C13H18N2O3/c1-4-15(7-9(2)6-14)8-11-5-10(3)12(18-11)13(16)17/h5,9H,4,7-8H2,1-3H3,(H,16,17). The van der Waals surface area contributed by atoms with Crippen LogP contribution >= 0.6 is 0 Å². The fourth-order valence-electron chi connectivity index (χ4n) is 1.79. The Morgan fingerprint density at radius 2 is 2.33 bits per heavy atom. The number of carbonyl (C=O) groups is 1. The van der Waals surface area contributed by atoms with Gasteiger partial charge < -0.3 is 9.52 Å². The van der Waals surface area contributed by atoms with Crippen LogP contribution in [0.2, 0.25) is 0 Å². The number of nitriles is 1. The minimum Gasteiger partial charge on any atom is -0.475 e. The molecule has 0 saturated carbocycles. The quantitative estimate of drug-likeness (QED) is 0.838. The van der Waals surface area contributed by atoms with E-state index in [1.165, 1.54) is 0 Å². The van der Waals surface area contributed by atoms with Crippen molar-refractivity contribution in [1.29, 1.82) is 5.26 Å². The van der Waals surface area contributed by atoms with Crippen molar-refractivity contribution in [2.75, 3.05) is 13.1 Å². The van der Waals surface area contributed by atoms with E-state index in [9.17, 15) is 4.79 Å². The SMILES string of the molecule is CCN(Cc1cc(C)c(C(=O)O)o1)CC(C)C#N. The highest BCUT2D eigenvalue weighted by Crippen LogP contribution is 2.16. The molecule has 0 bridgehead atoms. The molecule has 0 fully saturated rings. The van der Waals surface area contributed by atoms with Crippen LogP contribution in [-0.2, 0) is 6.54 Å². The van der Waals surface area contributed by atoms with E-state index in [1.54, 1.807) is 13.0 Å². The predicted octanol–water partition coefficient (Wildman–Crippen LogP) is 2.27. The first-order valence-electron chi connectivity index (χ1n) is 5.92. The van der Waals surface area contributed by atoms with Crippen LogP contribution in [0.1, 0.15) is 35.7 Å². The number of aromatic carboxylic acids is 1. The molecule has 5 nitrogen and oxygen atoms in total. The van der Waals surface area contributed by atoms with Gasteiger partial charge in [0.25, 0.3) is 0 Å². The van der Waals surface area contributed by atoms with Crippen LogP contribution in [0.15, 0.2) is 10.5 Å². The van der Waals surface area contributed by atoms with Gasteiger partial charge in [-0.2, -0.15) is 5.26 Å². The Labute approximate surface area is 107 Å². The van der Waals surface area contributed by atoms with Gasteiger partial charge in [0.15, 0.2) is 0 Å². The number of aryl methyl sites for hydroxylation is 1. The summed E-state index contributed by atoms with van der Waals surface area (Å²) in [7, 11) is 0. The molecule has 1 heterocycles. The Bertz CT molecular complexity index is 459. The number of rotatable bonds is 6. The molecule has 0 spiro atoms. The maximum absolute atomic E-state index is 10.9. The van der Waals surface area contributed by atoms with Crippen molar-refractivity contribution in [3.8, 4) is 6.07 Å². The fourth-order valence-corrected chi connectivity index (χ4v) is 1.79. The number of carboxylic acids is 1. The lowest BCUT2D eigenvalue weighted by Crippen LogP contribution is -2.27. The minimum atomic E-state index is -1.05. The van der Waals surface area contributed by atoms with E-state index in [0.29, 0.717) is 24.4 Å². The van der Waals surface area contributed by atoms with Gasteiger partial charge in [0, 0.05) is 12.1 Å². The number of hydrogen-bond donors (Lipinski definition) is 1. The number of nitrogens with zero attached hydrogens (tertiary/aromatic N) is 2. The molecule has 18 heavy (non-hydrogen) atoms. The van der Waals surface area contributed by atoms with E-state index in [-0.39, 0.29) is 11.7 Å². The summed E-state index contributed by atoms with van der Waals surface area (Å²) in [6, 6.07) is 3.92. The maximum Gasteiger partial charge on any atom is 0.372 e. The van der Waals surface area contributed by atoms with Crippen molar-refractivity contribution >= 4 is 5.97 Å². The molecular weight excluding hydrogens is 232 g/mol. The van der Waals surface area contributed by atoms with Crippen LogP contribution in [0.4, 0.5) is 0 Å². The van der Waals surface area contributed by atoms with Gasteiger partial charge in [0.05, 0.1) is 18.5 Å². The van der Waals surface area contributed by atoms with Crippen LogP contribution in [0.5, 0.6) is 0 Å². The molecule has 5 heteroatoms. The highest BCUT2D eigenvalue weighted by atomic mass is 16.4. The zero-order chi connectivity index (χ0) is 13.7. The Morgan fingerprint density at radius 1 is 1.67 bits per heavy atom. The molecule has 1 atom stereocenters. The number of furan rings is 1. The molecule has 1 aromatic heterocycles. The van der Waals surface area contributed by atoms with Gasteiger partial charge in [-0.3, -0.25) is 4.90 Å². The largest absolute Gasteiger partial charge is 0.475 e. The van der Waals surface area contributed by atoms with Gasteiger partial charge in [-0.25, -0.2) is 4.79 Å². The highest BCUT2D eigenvalue weighted by Gasteiger charge is 2.16. The fraction of sp³-hybridized carbons (Fsp3) is 0.538. The Hall–Kier alpha value is -1.80. The van der Waals surface area contributed by atoms with Crippen LogP contribution in [-0.4, -0.2) is 29.1 Å². The molecule has 0 saturated heterocycles. The van der Waals surface area contributed by atoms with Crippen molar-refractivity contribution in [3.05, 3.63) is 23.2 Å². The summed E-state index contributed by atoms with van der Waals surface area (Å²) >= 11 is 0. The molecule has 0 aliphatic rings. The van der Waals surface area contributed by atoms with Crippen molar-refractivity contribution in [3.63, 3.8) is 0 Å². The monoisotopic (exact) mass is 250 g/mol. The molecule has 0 radical (unpaired) electrons. The molecule has 0 amide bonds. The summed E-state index contributed by atoms with van der Waals surface area (Å²) in [6.07, 6.45) is 0. The van der Waals surface area contributed by atoms with Crippen LogP contribution < -0.4 is 0 Å². The summed E-state index contributed by atoms with van der Waals surface area (Å²) < 4.78 is 5.30. The number of carboxylic acid groups (broad SMARTS) is 1. The Balaban J connectivity index is 2.74. The maximum atomic E-state index is 10.9. The van der Waals surface area contributed by atoms with Crippen LogP contribution in [0.25, 0.3) is 0 Å². The van der Waals surface area contributed by atoms with Gasteiger partial charge in [0.2, 0.25) is 5.76 Å². The summed E-state index contributed by atoms with van der Waals surface area (Å²) in [4.78, 5) is 12.9. The average molecular weight is 250 g/mol. The Morgan fingerprint density at radius 3 is 2.78 bits per heavy atom. The lowest BCUT2D eigenvalue weighted by atomic mass is 10.2. The minimum absolute atomic E-state index is 0.00520. The first kappa shape index (κ1) is 14.3. The van der Waals surface area contributed by atoms with Gasteiger partial charge in [-0.05, 0) is 26.5 Å². The summed E-state index contributed by atoms with van der Waals surface area (Å²) in [5, 5.41) is 17.7. The van der Waals surface area contributed by atoms with Crippen LogP contribution in [0.3, 0.4) is 0 Å². The lowest BCUT2D eigenvalue weighted by Gasteiger charge is -2.19. The second kappa shape index (κ2) is 6.22. The molecule has 1 rings (SSSR count). The van der Waals surface area contributed by atoms with Gasteiger partial charge in [-0.1, -0.05) is 6.92 Å². The van der Waals surface area contributed by atoms with E-state index in [2.05, 4.69) is 11.0 Å². The number of hydrogen-bond acceptors (Lipinski definition) is 4. The summed E-state index contributed by atoms with van der Waals surface area (Å²) in [5.41, 5.74) is 0.627. The zero-order valence-electron chi connectivity index (χ0n) is 10.9. The first-order valence-corrected chi connectivity index (χ1v) is 5.92. The van der Waals surface area contributed by atoms with Gasteiger partial charge in [0.1, 0.15) is 5.76 Å². The van der Waals surface area contributed by atoms with E-state index in [1.807, 2.05) is 13.8 Å². The molecule has 98 valence electrons. The van der Waals surface area contributed by atoms with Crippen molar-refractivity contribution < 1.29 is 14.3 Å². The lowest BCUT2D eigenvalue weighted by molar-refractivity contribution is 0.0657. The average Bonchev–Trinajstić information content (AvgIpc) is 2.69. The van der Waals surface area contributed by atoms with E-state index >= 15 is 0 Å². The highest BCUT2D eigenvalue weighted by molar-refractivity contribution is 5.86. The van der Waals surface area contributed by atoms with Gasteiger partial charge in [-0.15, -0.1) is 0 Å². The summed E-state index contributed by atoms with van der Waals surface area (Å²) in [6.45, 7) is 7.53. The topological polar surface area (TPSA) is 77.5 Å². The molecular formula is C13H18N2O3. The zero-order valence-corrected chi connectivity index (χ0v) is 10.9. The second-order valence-electron chi connectivity index (χ2n) is 4.39. The molecule has 1 unspecified atom stereocenters. The van der Waals surface area contributed by atoms with Crippen molar-refractivity contribution in [1.82, 2.24) is 4.90 Å². The van der Waals surface area contributed by atoms with E-state index in [0.717, 1.165) is 6.54 Å².